The zero-order valence-corrected chi connectivity index (χ0v) is 52.3. The van der Waals surface area contributed by atoms with E-state index in [4.69, 9.17) is 0 Å². The van der Waals surface area contributed by atoms with Crippen molar-refractivity contribution >= 4 is 79.0 Å². The lowest BCUT2D eigenvalue weighted by Gasteiger charge is -2.46. The van der Waals surface area contributed by atoms with Crippen molar-refractivity contribution in [2.45, 2.75) is 10.8 Å². The van der Waals surface area contributed by atoms with E-state index in [0.717, 1.165) is 45.2 Å². The lowest BCUT2D eigenvalue weighted by Crippen LogP contribution is -2.61. The SMILES string of the molecule is c1ccc(-c2ccc(N3c4ccc(-c5ccccc5)cc4B4c5ccc6c(c5N(c5cccc7c5-c5ccccc5C75c7ccccc7-c7ccccc75)c5cc(-n7c8ccccc8c8ccccc87)cc3c54)-c3ccccc3C63c4ccccc4-c4ccccc43)cc2)cc1. The third kappa shape index (κ3) is 6.53. The largest absolute Gasteiger partial charge is 0.311 e. The zero-order valence-electron chi connectivity index (χ0n) is 52.3. The Morgan fingerprint density at radius 3 is 1.21 bits per heavy atom. The first-order chi connectivity index (χ1) is 47.7. The van der Waals surface area contributed by atoms with Gasteiger partial charge in [-0.1, -0.05) is 291 Å². The van der Waals surface area contributed by atoms with E-state index in [9.17, 15) is 0 Å². The smallest absolute Gasteiger partial charge is 0.252 e. The summed E-state index contributed by atoms with van der Waals surface area (Å²) in [5.74, 6) is 0. The van der Waals surface area contributed by atoms with Crippen LogP contribution in [0.4, 0.5) is 34.1 Å². The summed E-state index contributed by atoms with van der Waals surface area (Å²) in [6.07, 6.45) is 0. The fraction of sp³-hybridized carbons (Fsp3) is 0.0217. The highest BCUT2D eigenvalue weighted by Gasteiger charge is 2.57. The van der Waals surface area contributed by atoms with E-state index in [1.54, 1.807) is 0 Å². The first-order valence-corrected chi connectivity index (χ1v) is 33.7. The average Bonchev–Trinajstić information content (AvgIpc) is 1.46. The summed E-state index contributed by atoms with van der Waals surface area (Å²) < 4.78 is 2.55. The van der Waals surface area contributed by atoms with E-state index in [-0.39, 0.29) is 6.71 Å². The molecule has 6 aliphatic rings. The summed E-state index contributed by atoms with van der Waals surface area (Å²) in [7, 11) is 0. The number of anilines is 6. The Labute approximate surface area is 557 Å². The number of hydrogen-bond donors (Lipinski definition) is 0. The molecule has 22 rings (SSSR count). The van der Waals surface area contributed by atoms with Crippen molar-refractivity contribution in [1.29, 1.82) is 0 Å². The Morgan fingerprint density at radius 1 is 0.240 bits per heavy atom. The molecular weight excluding hydrogens is 1160 g/mol. The van der Waals surface area contributed by atoms with Crippen LogP contribution in [0.3, 0.4) is 0 Å². The molecule has 4 aliphatic carbocycles. The monoisotopic (exact) mass is 1210 g/mol. The molecule has 96 heavy (non-hydrogen) atoms. The van der Waals surface area contributed by atoms with Gasteiger partial charge in [-0.25, -0.2) is 0 Å². The molecule has 0 fully saturated rings. The van der Waals surface area contributed by atoms with E-state index in [1.807, 2.05) is 0 Å². The number of nitrogens with zero attached hydrogens (tertiary/aromatic N) is 3. The molecule has 0 unspecified atom stereocenters. The van der Waals surface area contributed by atoms with Gasteiger partial charge in [0.25, 0.3) is 6.71 Å². The van der Waals surface area contributed by atoms with Gasteiger partial charge in [-0.15, -0.1) is 0 Å². The lowest BCUT2D eigenvalue weighted by atomic mass is 9.33. The second kappa shape index (κ2) is 19.2. The maximum absolute atomic E-state index is 2.80. The van der Waals surface area contributed by atoms with Crippen LogP contribution < -0.4 is 26.2 Å². The minimum absolute atomic E-state index is 0.215. The Kier molecular flexibility index (Phi) is 10.5. The first kappa shape index (κ1) is 52.3. The van der Waals surface area contributed by atoms with Crippen molar-refractivity contribution in [3.05, 3.63) is 384 Å². The fourth-order valence-corrected chi connectivity index (χ4v) is 19.1. The minimum atomic E-state index is -0.601. The molecule has 16 aromatic rings. The normalized spacial score (nSPS) is 14.4. The Hall–Kier alpha value is -12.2. The molecule has 3 nitrogen and oxygen atoms in total. The molecule has 15 aromatic carbocycles. The Morgan fingerprint density at radius 2 is 0.656 bits per heavy atom. The van der Waals surface area contributed by atoms with E-state index in [0.29, 0.717) is 0 Å². The van der Waals surface area contributed by atoms with E-state index in [1.165, 1.54) is 144 Å². The summed E-state index contributed by atoms with van der Waals surface area (Å²) in [5.41, 5.74) is 38.5. The molecule has 0 bridgehead atoms. The quantitative estimate of drug-likeness (QED) is 0.159. The minimum Gasteiger partial charge on any atom is -0.311 e. The van der Waals surface area contributed by atoms with Crippen LogP contribution in [0.25, 0.3) is 94.3 Å². The number of rotatable bonds is 5. The highest BCUT2D eigenvalue weighted by atomic mass is 15.2. The molecule has 2 aliphatic heterocycles. The summed E-state index contributed by atoms with van der Waals surface area (Å²) in [4.78, 5) is 5.40. The van der Waals surface area contributed by atoms with E-state index < -0.39 is 10.8 Å². The van der Waals surface area contributed by atoms with Gasteiger partial charge >= 0.3 is 0 Å². The van der Waals surface area contributed by atoms with Gasteiger partial charge in [0.05, 0.1) is 33.2 Å². The molecule has 0 N–H and O–H groups in total. The zero-order chi connectivity index (χ0) is 62.5. The van der Waals surface area contributed by atoms with E-state index >= 15 is 0 Å². The van der Waals surface area contributed by atoms with Crippen LogP contribution in [-0.4, -0.2) is 11.3 Å². The maximum atomic E-state index is 2.80. The molecule has 0 saturated carbocycles. The van der Waals surface area contributed by atoms with Gasteiger partial charge in [-0.2, -0.15) is 0 Å². The molecule has 0 saturated heterocycles. The van der Waals surface area contributed by atoms with Crippen LogP contribution >= 0.6 is 0 Å². The molecule has 3 heterocycles. The third-order valence-electron chi connectivity index (χ3n) is 22.6. The van der Waals surface area contributed by atoms with Crippen LogP contribution in [0, 0.1) is 0 Å². The predicted molar refractivity (Wildman–Crippen MR) is 398 cm³/mol. The van der Waals surface area contributed by atoms with Crippen LogP contribution in [0.1, 0.15) is 44.5 Å². The van der Waals surface area contributed by atoms with Gasteiger partial charge < -0.3 is 14.4 Å². The number of para-hydroxylation sites is 2. The van der Waals surface area contributed by atoms with Crippen LogP contribution in [0.5, 0.6) is 0 Å². The molecule has 0 atom stereocenters. The van der Waals surface area contributed by atoms with Gasteiger partial charge in [0.15, 0.2) is 0 Å². The lowest BCUT2D eigenvalue weighted by molar-refractivity contribution is 0.793. The Bertz CT molecular complexity index is 5910. The molecule has 2 spiro atoms. The van der Waals surface area contributed by atoms with Gasteiger partial charge in [0, 0.05) is 50.3 Å². The second-order valence-corrected chi connectivity index (χ2v) is 26.8. The summed E-state index contributed by atoms with van der Waals surface area (Å²) in [6, 6.07) is 130. The van der Waals surface area contributed by atoms with Crippen LogP contribution in [0.2, 0.25) is 0 Å². The average molecular weight is 1210 g/mol. The number of aromatic nitrogens is 1. The molecule has 0 amide bonds. The number of hydrogen-bond acceptors (Lipinski definition) is 2. The van der Waals surface area contributed by atoms with Crippen molar-refractivity contribution in [3.8, 4) is 72.4 Å². The van der Waals surface area contributed by atoms with E-state index in [2.05, 4.69) is 354 Å². The van der Waals surface area contributed by atoms with Crippen molar-refractivity contribution < 1.29 is 0 Å². The van der Waals surface area contributed by atoms with Crippen molar-refractivity contribution in [2.24, 2.45) is 0 Å². The summed E-state index contributed by atoms with van der Waals surface area (Å²) in [6.45, 7) is -0.215. The number of benzene rings is 15. The summed E-state index contributed by atoms with van der Waals surface area (Å²) in [5, 5.41) is 2.45. The molecule has 4 heteroatoms. The molecule has 0 radical (unpaired) electrons. The summed E-state index contributed by atoms with van der Waals surface area (Å²) >= 11 is 0. The van der Waals surface area contributed by atoms with Crippen molar-refractivity contribution in [2.75, 3.05) is 9.80 Å². The van der Waals surface area contributed by atoms with Gasteiger partial charge in [0.2, 0.25) is 0 Å². The van der Waals surface area contributed by atoms with Crippen LogP contribution in [-0.2, 0) is 10.8 Å². The molecule has 442 valence electrons. The topological polar surface area (TPSA) is 11.4 Å². The van der Waals surface area contributed by atoms with Gasteiger partial charge in [-0.05, 0) is 165 Å². The fourth-order valence-electron chi connectivity index (χ4n) is 19.1. The standard InChI is InChI=1S/C92H56BN3/c1-3-24-57(25-4-1)59-46-49-61(50-47-59)94-83-53-48-60(58-26-5-2-6-27-58)54-80(83)93-79-52-51-78-88(70-35-12-20-41-76(70)92(78)73-38-17-9-30-65(73)66-31-10-18-39-74(66)92)90(79)96(86-56-62(55-85(94)89(86)93)95-81-43-21-13-32-67(81)68-33-14-22-44-82(68)95)84-45-23-42-77-87(84)69-34-11-19-40-75(69)91(77)71-36-15-7-28-63(71)64-29-8-16-37-72(64)91/h1-56H. The van der Waals surface area contributed by atoms with Crippen LogP contribution in [0.15, 0.2) is 340 Å². The van der Waals surface area contributed by atoms with Gasteiger partial charge in [0.1, 0.15) is 0 Å². The highest BCUT2D eigenvalue weighted by Crippen LogP contribution is 2.68. The highest BCUT2D eigenvalue weighted by molar-refractivity contribution is 7.00. The predicted octanol–water partition coefficient (Wildman–Crippen LogP) is 20.9. The third-order valence-corrected chi connectivity index (χ3v) is 22.6. The number of fused-ring (bicyclic) bond motifs is 28. The molecular formula is C92H56BN3. The second-order valence-electron chi connectivity index (χ2n) is 26.8. The Balaban J connectivity index is 0.925. The molecule has 1 aromatic heterocycles. The van der Waals surface area contributed by atoms with Crippen molar-refractivity contribution in [1.82, 2.24) is 4.57 Å². The van der Waals surface area contributed by atoms with Gasteiger partial charge in [-0.3, -0.25) is 0 Å². The first-order valence-electron chi connectivity index (χ1n) is 33.7. The maximum Gasteiger partial charge on any atom is 0.252 e. The van der Waals surface area contributed by atoms with Crippen molar-refractivity contribution in [3.63, 3.8) is 0 Å².